The molecule has 0 saturated carbocycles. The van der Waals surface area contributed by atoms with Gasteiger partial charge >= 0.3 is 0 Å². The Labute approximate surface area is 238 Å². The van der Waals surface area contributed by atoms with Crippen LogP contribution in [0.25, 0.3) is 0 Å². The Bertz CT molecular complexity index is 1300. The highest BCUT2D eigenvalue weighted by Gasteiger charge is 2.13. The van der Waals surface area contributed by atoms with Crippen LogP contribution in [0.4, 0.5) is 5.69 Å². The average Bonchev–Trinajstić information content (AvgIpc) is 2.89. The lowest BCUT2D eigenvalue weighted by atomic mass is 10.2. The molecule has 3 aromatic carbocycles. The van der Waals surface area contributed by atoms with Gasteiger partial charge in [-0.25, -0.2) is 5.43 Å². The van der Waals surface area contributed by atoms with Crippen LogP contribution < -0.4 is 25.0 Å². The fraction of sp³-hybridized carbons (Fsp3) is 0.179. The Morgan fingerprint density at radius 3 is 2.34 bits per heavy atom. The number of carbonyl (C=O) groups excluding carboxylic acids is 2. The number of anilines is 1. The van der Waals surface area contributed by atoms with E-state index in [-0.39, 0.29) is 12.5 Å². The van der Waals surface area contributed by atoms with Crippen LogP contribution in [0, 0.1) is 6.92 Å². The van der Waals surface area contributed by atoms with Gasteiger partial charge in [0.1, 0.15) is 12.4 Å². The maximum Gasteiger partial charge on any atom is 0.271 e. The number of nitrogens with one attached hydrogen (secondary N) is 2. The number of nitrogens with zero attached hydrogens (tertiary/aromatic N) is 1. The highest BCUT2D eigenvalue weighted by molar-refractivity contribution is 9.11. The molecule has 0 heterocycles. The molecule has 2 amide bonds. The summed E-state index contributed by atoms with van der Waals surface area (Å²) < 4.78 is 18.1. The molecule has 0 aliphatic carbocycles. The van der Waals surface area contributed by atoms with Crippen molar-refractivity contribution >= 4 is 55.6 Å². The third-order valence-electron chi connectivity index (χ3n) is 4.95. The molecule has 3 aromatic rings. The highest BCUT2D eigenvalue weighted by atomic mass is 79.9. The van der Waals surface area contributed by atoms with Gasteiger partial charge in [0.25, 0.3) is 11.8 Å². The van der Waals surface area contributed by atoms with Gasteiger partial charge in [-0.15, -0.1) is 0 Å². The Hall–Kier alpha value is -3.63. The van der Waals surface area contributed by atoms with Crippen LogP contribution in [-0.4, -0.2) is 37.8 Å². The number of hydrogen-bond acceptors (Lipinski definition) is 6. The predicted molar refractivity (Wildman–Crippen MR) is 156 cm³/mol. The van der Waals surface area contributed by atoms with E-state index in [0.717, 1.165) is 5.56 Å². The first-order valence-corrected chi connectivity index (χ1v) is 13.2. The number of halogens is 2. The molecule has 0 spiro atoms. The van der Waals surface area contributed by atoms with Crippen LogP contribution in [-0.2, 0) is 4.79 Å². The van der Waals surface area contributed by atoms with E-state index < -0.39 is 5.91 Å². The summed E-state index contributed by atoms with van der Waals surface area (Å²) in [6, 6.07) is 15.9. The molecular formula is C28H27Br2N3O5. The van der Waals surface area contributed by atoms with Gasteiger partial charge in [0.2, 0.25) is 0 Å². The van der Waals surface area contributed by atoms with E-state index in [0.29, 0.717) is 56.2 Å². The second kappa shape index (κ2) is 14.3. The lowest BCUT2D eigenvalue weighted by Gasteiger charge is -2.12. The molecule has 10 heteroatoms. The summed E-state index contributed by atoms with van der Waals surface area (Å²) in [5, 5.41) is 6.84. The molecule has 0 unspecified atom stereocenters. The first-order chi connectivity index (χ1) is 18.3. The lowest BCUT2D eigenvalue weighted by molar-refractivity contribution is -0.118. The molecule has 0 fully saturated rings. The standard InChI is InChI=1S/C28H27Br2N3O5/c1-4-12-37-24-11-8-20(15-25(24)36-5-2)28(35)33-31-16-19-13-22(29)27(23(30)14-19)38-17-26(34)32-21-9-6-18(3)7-10-21/h4,6-11,13-16H,1,5,12,17H2,2-3H3,(H,32,34)(H,33,35)/b31-16+. The van der Waals surface area contributed by atoms with Crippen LogP contribution in [0.15, 0.2) is 81.3 Å². The molecule has 0 aliphatic heterocycles. The molecule has 3 rings (SSSR count). The molecule has 0 atom stereocenters. The van der Waals surface area contributed by atoms with Gasteiger partial charge in [-0.1, -0.05) is 30.4 Å². The largest absolute Gasteiger partial charge is 0.490 e. The van der Waals surface area contributed by atoms with Gasteiger partial charge in [0.15, 0.2) is 18.1 Å². The van der Waals surface area contributed by atoms with Gasteiger partial charge in [0, 0.05) is 11.3 Å². The summed E-state index contributed by atoms with van der Waals surface area (Å²) in [4.78, 5) is 24.8. The maximum absolute atomic E-state index is 12.6. The number of carbonyl (C=O) groups is 2. The topological polar surface area (TPSA) is 98.3 Å². The first-order valence-electron chi connectivity index (χ1n) is 11.6. The van der Waals surface area contributed by atoms with Gasteiger partial charge < -0.3 is 19.5 Å². The number of aryl methyl sites for hydroxylation is 1. The van der Waals surface area contributed by atoms with Crippen molar-refractivity contribution in [1.29, 1.82) is 0 Å². The van der Waals surface area contributed by atoms with Crippen molar-refractivity contribution in [2.45, 2.75) is 13.8 Å². The van der Waals surface area contributed by atoms with Crippen molar-refractivity contribution in [3.8, 4) is 17.2 Å². The van der Waals surface area contributed by atoms with Crippen molar-refractivity contribution in [2.75, 3.05) is 25.1 Å². The summed E-state index contributed by atoms with van der Waals surface area (Å²) in [6.07, 6.45) is 3.12. The lowest BCUT2D eigenvalue weighted by Crippen LogP contribution is -2.20. The number of ether oxygens (including phenoxy) is 3. The van der Waals surface area contributed by atoms with Gasteiger partial charge in [-0.2, -0.15) is 5.10 Å². The van der Waals surface area contributed by atoms with Crippen LogP contribution in [0.5, 0.6) is 17.2 Å². The molecule has 198 valence electrons. The minimum absolute atomic E-state index is 0.171. The molecule has 38 heavy (non-hydrogen) atoms. The van der Waals surface area contributed by atoms with Crippen LogP contribution >= 0.6 is 31.9 Å². The Kier molecular flexibility index (Phi) is 10.9. The molecule has 0 saturated heterocycles. The molecule has 2 N–H and O–H groups in total. The smallest absolute Gasteiger partial charge is 0.271 e. The number of amides is 2. The number of hydrazone groups is 1. The van der Waals surface area contributed by atoms with E-state index in [1.165, 1.54) is 6.21 Å². The fourth-order valence-electron chi connectivity index (χ4n) is 3.18. The summed E-state index contributed by atoms with van der Waals surface area (Å²) in [5.41, 5.74) is 5.36. The van der Waals surface area contributed by atoms with Gasteiger partial charge in [-0.3, -0.25) is 9.59 Å². The predicted octanol–water partition coefficient (Wildman–Crippen LogP) is 6.26. The monoisotopic (exact) mass is 643 g/mol. The third kappa shape index (κ3) is 8.46. The second-order valence-corrected chi connectivity index (χ2v) is 9.62. The van der Waals surface area contributed by atoms with Crippen molar-refractivity contribution in [1.82, 2.24) is 5.43 Å². The first kappa shape index (κ1) is 28.9. The van der Waals surface area contributed by atoms with Crippen LogP contribution in [0.3, 0.4) is 0 Å². The zero-order valence-electron chi connectivity index (χ0n) is 20.9. The number of benzene rings is 3. The maximum atomic E-state index is 12.6. The molecule has 0 aliphatic rings. The summed E-state index contributed by atoms with van der Waals surface area (Å²) >= 11 is 6.92. The normalized spacial score (nSPS) is 10.6. The SMILES string of the molecule is C=CCOc1ccc(C(=O)N/N=C/c2cc(Br)c(OCC(=O)Nc3ccc(C)cc3)c(Br)c2)cc1OCC. The molecular weight excluding hydrogens is 618 g/mol. The van der Waals surface area contributed by atoms with E-state index in [9.17, 15) is 9.59 Å². The van der Waals surface area contributed by atoms with E-state index in [1.54, 1.807) is 36.4 Å². The van der Waals surface area contributed by atoms with Gasteiger partial charge in [0.05, 0.1) is 21.8 Å². The summed E-state index contributed by atoms with van der Waals surface area (Å²) in [5.74, 6) is 0.759. The summed E-state index contributed by atoms with van der Waals surface area (Å²) in [7, 11) is 0. The van der Waals surface area contributed by atoms with Gasteiger partial charge in [-0.05, 0) is 93.7 Å². The third-order valence-corrected chi connectivity index (χ3v) is 6.12. The Balaban J connectivity index is 1.59. The van der Waals surface area contributed by atoms with E-state index in [1.807, 2.05) is 38.1 Å². The van der Waals surface area contributed by atoms with Crippen molar-refractivity contribution in [2.24, 2.45) is 5.10 Å². The minimum atomic E-state index is -0.407. The average molecular weight is 645 g/mol. The highest BCUT2D eigenvalue weighted by Crippen LogP contribution is 2.34. The zero-order chi connectivity index (χ0) is 27.5. The van der Waals surface area contributed by atoms with Crippen LogP contribution in [0.1, 0.15) is 28.4 Å². The number of rotatable bonds is 12. The quantitative estimate of drug-likeness (QED) is 0.138. The minimum Gasteiger partial charge on any atom is -0.490 e. The van der Waals surface area contributed by atoms with E-state index in [4.69, 9.17) is 14.2 Å². The van der Waals surface area contributed by atoms with Crippen molar-refractivity contribution in [3.63, 3.8) is 0 Å². The Morgan fingerprint density at radius 2 is 1.68 bits per heavy atom. The van der Waals surface area contributed by atoms with E-state index in [2.05, 4.69) is 54.3 Å². The molecule has 0 aromatic heterocycles. The van der Waals surface area contributed by atoms with Crippen LogP contribution in [0.2, 0.25) is 0 Å². The summed E-state index contributed by atoms with van der Waals surface area (Å²) in [6.45, 7) is 8.03. The molecule has 0 radical (unpaired) electrons. The second-order valence-electron chi connectivity index (χ2n) is 7.91. The molecule has 8 nitrogen and oxygen atoms in total. The van der Waals surface area contributed by atoms with E-state index >= 15 is 0 Å². The fourth-order valence-corrected chi connectivity index (χ4v) is 4.63. The van der Waals surface area contributed by atoms with Crippen molar-refractivity contribution in [3.05, 3.63) is 92.9 Å². The number of hydrogen-bond donors (Lipinski definition) is 2. The Morgan fingerprint density at radius 1 is 0.974 bits per heavy atom. The van der Waals surface area contributed by atoms with Crippen molar-refractivity contribution < 1.29 is 23.8 Å². The molecule has 0 bridgehead atoms. The zero-order valence-corrected chi connectivity index (χ0v) is 24.1.